The maximum Gasteiger partial charge on any atom is 0.417 e. The lowest BCUT2D eigenvalue weighted by Gasteiger charge is -2.42. The maximum atomic E-state index is 14.8. The minimum Gasteiger partial charge on any atom is -0.356 e. The number of hydrogen-bond donors (Lipinski definition) is 2. The second kappa shape index (κ2) is 24.9. The van der Waals surface area contributed by atoms with Crippen LogP contribution >= 0.6 is 15.9 Å². The van der Waals surface area contributed by atoms with Crippen molar-refractivity contribution in [3.05, 3.63) is 93.0 Å². The number of hydrogen-bond acceptors (Lipinski definition) is 11. The van der Waals surface area contributed by atoms with Gasteiger partial charge in [-0.05, 0) is 136 Å². The van der Waals surface area contributed by atoms with Gasteiger partial charge < -0.3 is 25.3 Å². The lowest BCUT2D eigenvalue weighted by molar-refractivity contribution is -0.146. The Hall–Kier alpha value is -5.03. The average molecular weight is 1220 g/mol. The smallest absolute Gasteiger partial charge is 0.356 e. The Labute approximate surface area is 489 Å². The van der Waals surface area contributed by atoms with Gasteiger partial charge in [0.05, 0.1) is 28.2 Å². The van der Waals surface area contributed by atoms with Gasteiger partial charge in [-0.25, -0.2) is 8.42 Å². The van der Waals surface area contributed by atoms with E-state index in [1.807, 2.05) is 6.07 Å². The monoisotopic (exact) mass is 1220 g/mol. The summed E-state index contributed by atoms with van der Waals surface area (Å²) in [5, 5.41) is 5.50. The molecule has 0 unspecified atom stereocenters. The quantitative estimate of drug-likeness (QED) is 0.140. The summed E-state index contributed by atoms with van der Waals surface area (Å²) < 4.78 is 71.7. The van der Waals surface area contributed by atoms with Gasteiger partial charge in [-0.2, -0.15) is 17.5 Å². The molecule has 0 radical (unpaired) electrons. The highest BCUT2D eigenvalue weighted by molar-refractivity contribution is 9.10. The first-order valence-electron chi connectivity index (χ1n) is 29.8. The Morgan fingerprint density at radius 3 is 2.30 bits per heavy atom. The first-order chi connectivity index (χ1) is 39.1. The summed E-state index contributed by atoms with van der Waals surface area (Å²) >= 11 is 3.66. The van der Waals surface area contributed by atoms with Gasteiger partial charge in [-0.15, -0.1) is 0 Å². The molecule has 0 spiro atoms. The van der Waals surface area contributed by atoms with E-state index in [-0.39, 0.29) is 85.6 Å². The number of pyridine rings is 2. The number of alkyl halides is 3. The number of likely N-dealkylation sites (tertiary alicyclic amines) is 2. The van der Waals surface area contributed by atoms with Crippen LogP contribution in [0.2, 0.25) is 0 Å². The van der Waals surface area contributed by atoms with Crippen LogP contribution in [0, 0.1) is 23.2 Å². The molecule has 2 saturated carbocycles. The predicted octanol–water partition coefficient (Wildman–Crippen LogP) is 7.05. The molecule has 3 aliphatic carbocycles. The molecular weight excluding hydrogens is 1140 g/mol. The molecule has 6 heterocycles. The summed E-state index contributed by atoms with van der Waals surface area (Å²) in [5.74, 6) is -1.50. The van der Waals surface area contributed by atoms with E-state index in [1.54, 1.807) is 51.4 Å². The van der Waals surface area contributed by atoms with Crippen molar-refractivity contribution in [3.8, 4) is 0 Å². The van der Waals surface area contributed by atoms with E-state index < -0.39 is 50.4 Å². The Morgan fingerprint density at radius 2 is 1.61 bits per heavy atom. The Morgan fingerprint density at radius 1 is 0.866 bits per heavy atom. The van der Waals surface area contributed by atoms with Crippen molar-refractivity contribution in [1.82, 2.24) is 49.4 Å². The lowest BCUT2D eigenvalue weighted by Crippen LogP contribution is -2.56. The number of benzene rings is 1. The zero-order valence-electron chi connectivity index (χ0n) is 47.7. The second-order valence-electron chi connectivity index (χ2n) is 24.6. The third-order valence-electron chi connectivity index (χ3n) is 19.7. The molecule has 3 saturated heterocycles. The zero-order valence-corrected chi connectivity index (χ0v) is 50.1. The number of carbonyl (C=O) groups excluding carboxylic acids is 5. The third kappa shape index (κ3) is 12.5. The summed E-state index contributed by atoms with van der Waals surface area (Å²) in [5.41, 5.74) is 2.98. The second-order valence-corrected chi connectivity index (χ2v) is 27.7. The number of amides is 5. The lowest BCUT2D eigenvalue weighted by atomic mass is 9.73. The van der Waals surface area contributed by atoms with Crippen molar-refractivity contribution in [2.45, 2.75) is 159 Å². The first-order valence-corrected chi connectivity index (χ1v) is 32.1. The summed E-state index contributed by atoms with van der Waals surface area (Å²) in [7, 11) is -1.95. The van der Waals surface area contributed by atoms with Crippen molar-refractivity contribution in [1.29, 1.82) is 0 Å². The Balaban J connectivity index is 0.669. The van der Waals surface area contributed by atoms with Crippen molar-refractivity contribution < 1.29 is 45.6 Å². The van der Waals surface area contributed by atoms with E-state index in [4.69, 9.17) is 0 Å². The molecule has 4 aliphatic heterocycles. The average Bonchev–Trinajstić information content (AvgIpc) is 4.23. The minimum absolute atomic E-state index is 0.0169. The van der Waals surface area contributed by atoms with Crippen LogP contribution in [0.25, 0.3) is 0 Å². The fourth-order valence-electron chi connectivity index (χ4n) is 14.9. The van der Waals surface area contributed by atoms with Crippen molar-refractivity contribution in [3.63, 3.8) is 0 Å². The van der Waals surface area contributed by atoms with Gasteiger partial charge in [-0.3, -0.25) is 43.7 Å². The summed E-state index contributed by atoms with van der Waals surface area (Å²) in [6.45, 7) is 10.2. The van der Waals surface area contributed by atoms with Gasteiger partial charge in [-0.1, -0.05) is 41.9 Å². The van der Waals surface area contributed by atoms with Crippen LogP contribution in [0.3, 0.4) is 0 Å². The van der Waals surface area contributed by atoms with E-state index in [2.05, 4.69) is 78.4 Å². The number of carbonyl (C=O) groups is 5. The van der Waals surface area contributed by atoms with Crippen molar-refractivity contribution >= 4 is 55.5 Å². The molecular formula is C60H80BrF3N10O7S. The number of aryl methyl sites for hydroxylation is 1. The fourth-order valence-corrected chi connectivity index (χ4v) is 17.2. The van der Waals surface area contributed by atoms with Crippen molar-refractivity contribution in [2.75, 3.05) is 66.0 Å². The maximum absolute atomic E-state index is 14.8. The van der Waals surface area contributed by atoms with Crippen LogP contribution in [-0.4, -0.2) is 166 Å². The van der Waals surface area contributed by atoms with E-state index in [1.165, 1.54) is 11.1 Å². The number of aromatic nitrogens is 2. The fraction of sp³-hybridized carbons (Fsp3) is 0.650. The molecule has 2 N–H and O–H groups in total. The molecule has 0 bridgehead atoms. The van der Waals surface area contributed by atoms with Crippen LogP contribution in [0.1, 0.15) is 143 Å². The molecule has 2 aromatic heterocycles. The molecule has 3 aromatic rings. The van der Waals surface area contributed by atoms with Crippen LogP contribution in [0.5, 0.6) is 0 Å². The number of fused-ring (bicyclic) bond motifs is 2. The SMILES string of the molecule is CC(C)[C@]1(C(=O)N2CCc3ncc(C(F)(F)F)cc3C2)CC[C@@H](N(CCCNC(=O)C2CCC(N3CCN(S(=O)(=O)C4CCN(C(=O)[C@H](C)NC(=O)[C@H]5CC(=O)N(C)[C@@H]5c5cccnc5)CC4)CC3)CC2)[C@@H]2CCc3cc(Br)ccc32)C1. The van der Waals surface area contributed by atoms with Crippen LogP contribution < -0.4 is 10.6 Å². The van der Waals surface area contributed by atoms with E-state index in [9.17, 15) is 45.6 Å². The Bertz CT molecular complexity index is 2950. The predicted molar refractivity (Wildman–Crippen MR) is 306 cm³/mol. The van der Waals surface area contributed by atoms with E-state index >= 15 is 0 Å². The molecule has 82 heavy (non-hydrogen) atoms. The van der Waals surface area contributed by atoms with Crippen LogP contribution in [-0.2, 0) is 59.6 Å². The third-order valence-corrected chi connectivity index (χ3v) is 22.6. The number of nitrogens with zero attached hydrogens (tertiary/aromatic N) is 8. The van der Waals surface area contributed by atoms with Gasteiger partial charge in [0.1, 0.15) is 6.04 Å². The molecule has 22 heteroatoms. The summed E-state index contributed by atoms with van der Waals surface area (Å²) in [4.78, 5) is 86.4. The highest BCUT2D eigenvalue weighted by atomic mass is 79.9. The number of nitrogens with one attached hydrogen (secondary N) is 2. The molecule has 5 amide bonds. The molecule has 10 rings (SSSR count). The molecule has 7 aliphatic rings. The zero-order chi connectivity index (χ0) is 58.3. The highest BCUT2D eigenvalue weighted by Crippen LogP contribution is 2.51. The summed E-state index contributed by atoms with van der Waals surface area (Å²) in [6, 6.07) is 10.4. The normalized spacial score (nSPS) is 27.2. The van der Waals surface area contributed by atoms with Crippen LogP contribution in [0.4, 0.5) is 13.2 Å². The van der Waals surface area contributed by atoms with E-state index in [0.717, 1.165) is 80.2 Å². The van der Waals surface area contributed by atoms with Gasteiger partial charge in [0.15, 0.2) is 0 Å². The van der Waals surface area contributed by atoms with E-state index in [0.29, 0.717) is 82.6 Å². The van der Waals surface area contributed by atoms with Crippen LogP contribution in [0.15, 0.2) is 59.5 Å². The molecule has 6 atom stereocenters. The number of rotatable bonds is 16. The first kappa shape index (κ1) is 60.1. The molecule has 1 aromatic carbocycles. The summed E-state index contributed by atoms with van der Waals surface area (Å²) in [6.07, 6.45) is 8.74. The number of sulfonamides is 1. The number of piperidine rings is 1. The topological polar surface area (TPSA) is 189 Å². The highest BCUT2D eigenvalue weighted by Gasteiger charge is 2.52. The van der Waals surface area contributed by atoms with Gasteiger partial charge >= 0.3 is 6.18 Å². The molecule has 5 fully saturated rings. The standard InChI is InChI=1S/C60H80BrF3N10O7S/c1-38(2)59(58(79)72-26-19-51-43(37-72)31-44(36-67-51)60(62,63)64)20-16-47(34-59)74(52-15-10-41-32-45(61)11-14-49(41)52)23-6-22-66-55(76)40-8-12-46(13-9-40)70-27-29-73(30-28-70)82(80,81)48-17-24-71(25-18-48)57(78)39(3)68-56(77)50-33-53(75)69(4)54(50)42-7-5-21-65-35-42/h5,7,11,14,21,31-32,35-36,38-40,46-48,50,52,54H,6,8-10,12-13,15-20,22-30,33-34,37H2,1-4H3,(H,66,76)(H,68,77)/t39-,40?,46?,47+,50-,52+,54+,59-/m0/s1. The number of halogens is 4. The largest absolute Gasteiger partial charge is 0.417 e. The molecule has 446 valence electrons. The Kier molecular flexibility index (Phi) is 18.2. The minimum atomic E-state index is -4.52. The molecule has 17 nitrogen and oxygen atoms in total. The van der Waals surface area contributed by atoms with Gasteiger partial charge in [0.2, 0.25) is 39.6 Å². The number of piperazine rings is 1. The van der Waals surface area contributed by atoms with Gasteiger partial charge in [0, 0.05) is 138 Å². The van der Waals surface area contributed by atoms with Gasteiger partial charge in [0.25, 0.3) is 0 Å². The van der Waals surface area contributed by atoms with Crippen molar-refractivity contribution in [2.24, 2.45) is 23.2 Å².